The van der Waals surface area contributed by atoms with Crippen LogP contribution in [0.5, 0.6) is 0 Å². The van der Waals surface area contributed by atoms with Gasteiger partial charge in [-0.25, -0.2) is 0 Å². The van der Waals surface area contributed by atoms with E-state index in [-0.39, 0.29) is 11.3 Å². The Kier molecular flexibility index (Phi) is 3.50. The summed E-state index contributed by atoms with van der Waals surface area (Å²) in [5, 5.41) is 0.714. The number of halogens is 1. The van der Waals surface area contributed by atoms with E-state index in [4.69, 9.17) is 11.6 Å². The zero-order valence-corrected chi connectivity index (χ0v) is 13.6. The van der Waals surface area contributed by atoms with Crippen LogP contribution in [-0.4, -0.2) is 23.9 Å². The summed E-state index contributed by atoms with van der Waals surface area (Å²) in [6.07, 6.45) is 4.04. The Morgan fingerprint density at radius 2 is 1.70 bits per heavy atom. The molecule has 2 aromatic carbocycles. The smallest absolute Gasteiger partial charge is 0.233 e. The fourth-order valence-electron chi connectivity index (χ4n) is 3.39. The van der Waals surface area contributed by atoms with E-state index in [2.05, 4.69) is 18.2 Å². The minimum absolute atomic E-state index is 0.252. The van der Waals surface area contributed by atoms with Gasteiger partial charge in [-0.2, -0.15) is 0 Å². The van der Waals surface area contributed by atoms with Gasteiger partial charge in [0.15, 0.2) is 0 Å². The lowest BCUT2D eigenvalue weighted by Gasteiger charge is -2.24. The first-order valence-electron chi connectivity index (χ1n) is 7.99. The van der Waals surface area contributed by atoms with Crippen molar-refractivity contribution in [3.8, 4) is 0 Å². The number of hydrogen-bond acceptors (Lipinski definition) is 1. The van der Waals surface area contributed by atoms with Crippen molar-refractivity contribution in [3.05, 3.63) is 76.8 Å². The highest BCUT2D eigenvalue weighted by atomic mass is 35.5. The number of nitrogens with zero attached hydrogens (tertiary/aromatic N) is 1. The van der Waals surface area contributed by atoms with Crippen LogP contribution in [0, 0.1) is 0 Å². The lowest BCUT2D eigenvalue weighted by Crippen LogP contribution is -2.38. The maximum Gasteiger partial charge on any atom is 0.233 e. The average Bonchev–Trinajstić information content (AvgIpc) is 3.25. The van der Waals surface area contributed by atoms with Gasteiger partial charge in [-0.3, -0.25) is 4.79 Å². The largest absolute Gasteiger partial charge is 0.334 e. The van der Waals surface area contributed by atoms with Crippen LogP contribution in [0.4, 0.5) is 0 Å². The van der Waals surface area contributed by atoms with Gasteiger partial charge in [0, 0.05) is 18.1 Å². The maximum atomic E-state index is 13.1. The van der Waals surface area contributed by atoms with E-state index < -0.39 is 0 Å². The van der Waals surface area contributed by atoms with E-state index in [0.29, 0.717) is 18.1 Å². The summed E-state index contributed by atoms with van der Waals surface area (Å²) < 4.78 is 0. The molecule has 0 aromatic heterocycles. The molecule has 1 saturated carbocycles. The molecule has 0 atom stereocenters. The van der Waals surface area contributed by atoms with Crippen LogP contribution in [0.3, 0.4) is 0 Å². The standard InChI is InChI=1S/C20H18ClNO/c21-18-8-6-17(7-9-18)20(11-12-20)19(23)22-13-10-16(14-22)15-4-2-1-3-5-15/h1-10H,11-14H2. The average molecular weight is 324 g/mol. The fraction of sp³-hybridized carbons (Fsp3) is 0.250. The molecule has 1 heterocycles. The molecule has 2 aliphatic rings. The highest BCUT2D eigenvalue weighted by molar-refractivity contribution is 6.30. The van der Waals surface area contributed by atoms with Crippen LogP contribution in [0.15, 0.2) is 60.7 Å². The van der Waals surface area contributed by atoms with Crippen LogP contribution in [0.2, 0.25) is 5.02 Å². The minimum Gasteiger partial charge on any atom is -0.334 e. The summed E-state index contributed by atoms with van der Waals surface area (Å²) in [4.78, 5) is 15.0. The third kappa shape index (κ3) is 2.57. The molecule has 116 valence electrons. The first kappa shape index (κ1) is 14.5. The van der Waals surface area contributed by atoms with Crippen molar-refractivity contribution >= 4 is 23.1 Å². The molecule has 1 aliphatic heterocycles. The number of hydrogen-bond donors (Lipinski definition) is 0. The number of amides is 1. The van der Waals surface area contributed by atoms with Crippen molar-refractivity contribution in [1.82, 2.24) is 4.90 Å². The molecule has 2 nitrogen and oxygen atoms in total. The molecule has 1 aliphatic carbocycles. The zero-order valence-electron chi connectivity index (χ0n) is 12.8. The van der Waals surface area contributed by atoms with E-state index in [0.717, 1.165) is 18.4 Å². The Morgan fingerprint density at radius 3 is 2.35 bits per heavy atom. The molecule has 0 unspecified atom stereocenters. The predicted octanol–water partition coefficient (Wildman–Crippen LogP) is 4.30. The van der Waals surface area contributed by atoms with Crippen molar-refractivity contribution < 1.29 is 4.79 Å². The first-order chi connectivity index (χ1) is 11.2. The van der Waals surface area contributed by atoms with Crippen LogP contribution >= 0.6 is 11.6 Å². The van der Waals surface area contributed by atoms with Gasteiger partial charge in [-0.15, -0.1) is 0 Å². The Balaban J connectivity index is 1.52. The predicted molar refractivity (Wildman–Crippen MR) is 93.4 cm³/mol. The summed E-state index contributed by atoms with van der Waals surface area (Å²) in [7, 11) is 0. The molecule has 4 rings (SSSR count). The highest BCUT2D eigenvalue weighted by Crippen LogP contribution is 2.50. The van der Waals surface area contributed by atoms with Gasteiger partial charge in [-0.05, 0) is 41.7 Å². The van der Waals surface area contributed by atoms with Crippen molar-refractivity contribution in [2.24, 2.45) is 0 Å². The third-order valence-corrected chi connectivity index (χ3v) is 5.16. The van der Waals surface area contributed by atoms with Gasteiger partial charge in [0.1, 0.15) is 0 Å². The number of rotatable bonds is 3. The summed E-state index contributed by atoms with van der Waals surface area (Å²) in [6.45, 7) is 1.41. The molecular formula is C20H18ClNO. The van der Waals surface area contributed by atoms with Crippen molar-refractivity contribution in [1.29, 1.82) is 0 Å². The Morgan fingerprint density at radius 1 is 1.00 bits per heavy atom. The molecule has 1 amide bonds. The maximum absolute atomic E-state index is 13.1. The summed E-state index contributed by atoms with van der Waals surface area (Å²) in [6, 6.07) is 18.0. The van der Waals surface area contributed by atoms with Gasteiger partial charge >= 0.3 is 0 Å². The summed E-state index contributed by atoms with van der Waals surface area (Å²) in [5.41, 5.74) is 3.23. The molecule has 0 radical (unpaired) electrons. The van der Waals surface area contributed by atoms with Crippen LogP contribution in [0.1, 0.15) is 24.0 Å². The zero-order chi connectivity index (χ0) is 15.9. The topological polar surface area (TPSA) is 20.3 Å². The minimum atomic E-state index is -0.315. The normalized spacial score (nSPS) is 18.7. The van der Waals surface area contributed by atoms with E-state index >= 15 is 0 Å². The number of benzene rings is 2. The van der Waals surface area contributed by atoms with Crippen molar-refractivity contribution in [2.45, 2.75) is 18.3 Å². The third-order valence-electron chi connectivity index (χ3n) is 4.91. The Labute approximate surface area is 141 Å². The van der Waals surface area contributed by atoms with E-state index in [1.807, 2.05) is 47.4 Å². The Bertz CT molecular complexity index is 760. The molecule has 0 spiro atoms. The van der Waals surface area contributed by atoms with Gasteiger partial charge in [0.05, 0.1) is 5.41 Å². The molecule has 0 saturated heterocycles. The van der Waals surface area contributed by atoms with Gasteiger partial charge in [-0.1, -0.05) is 60.1 Å². The molecule has 3 heteroatoms. The number of carbonyl (C=O) groups is 1. The summed E-state index contributed by atoms with van der Waals surface area (Å²) >= 11 is 5.97. The lowest BCUT2D eigenvalue weighted by molar-refractivity contribution is -0.132. The van der Waals surface area contributed by atoms with Crippen molar-refractivity contribution in [2.75, 3.05) is 13.1 Å². The van der Waals surface area contributed by atoms with Crippen LogP contribution in [0.25, 0.3) is 5.57 Å². The quantitative estimate of drug-likeness (QED) is 0.824. The van der Waals surface area contributed by atoms with E-state index in [9.17, 15) is 4.79 Å². The second-order valence-electron chi connectivity index (χ2n) is 6.37. The summed E-state index contributed by atoms with van der Waals surface area (Å²) in [5.74, 6) is 0.252. The van der Waals surface area contributed by atoms with E-state index in [1.54, 1.807) is 0 Å². The second-order valence-corrected chi connectivity index (χ2v) is 6.81. The van der Waals surface area contributed by atoms with Crippen LogP contribution < -0.4 is 0 Å². The van der Waals surface area contributed by atoms with Crippen LogP contribution in [-0.2, 0) is 10.2 Å². The van der Waals surface area contributed by atoms with Crippen molar-refractivity contribution in [3.63, 3.8) is 0 Å². The monoisotopic (exact) mass is 323 g/mol. The van der Waals surface area contributed by atoms with Gasteiger partial charge in [0.25, 0.3) is 0 Å². The van der Waals surface area contributed by atoms with E-state index in [1.165, 1.54) is 11.1 Å². The molecule has 23 heavy (non-hydrogen) atoms. The Hall–Kier alpha value is -2.06. The first-order valence-corrected chi connectivity index (χ1v) is 8.37. The molecular weight excluding hydrogens is 306 g/mol. The molecule has 0 bridgehead atoms. The van der Waals surface area contributed by atoms with Gasteiger partial charge < -0.3 is 4.90 Å². The molecule has 1 fully saturated rings. The highest BCUT2D eigenvalue weighted by Gasteiger charge is 2.53. The molecule has 0 N–H and O–H groups in total. The number of carbonyl (C=O) groups excluding carboxylic acids is 1. The lowest BCUT2D eigenvalue weighted by atomic mass is 9.94. The van der Waals surface area contributed by atoms with Gasteiger partial charge in [0.2, 0.25) is 5.91 Å². The second kappa shape index (κ2) is 5.54. The fourth-order valence-corrected chi connectivity index (χ4v) is 3.52. The molecule has 2 aromatic rings. The SMILES string of the molecule is O=C(N1CC=C(c2ccccc2)C1)C1(c2ccc(Cl)cc2)CC1.